The van der Waals surface area contributed by atoms with Crippen LogP contribution in [0.4, 0.5) is 5.69 Å². The lowest BCUT2D eigenvalue weighted by atomic mass is 9.98. The summed E-state index contributed by atoms with van der Waals surface area (Å²) < 4.78 is 5.24. The lowest BCUT2D eigenvalue weighted by Gasteiger charge is -2.18. The van der Waals surface area contributed by atoms with Crippen molar-refractivity contribution in [2.45, 2.75) is 18.9 Å². The molecule has 1 aliphatic heterocycles. The highest BCUT2D eigenvalue weighted by molar-refractivity contribution is 6.31. The fraction of sp³-hybridized carbons (Fsp3) is 0.562. The second kappa shape index (κ2) is 6.44. The maximum atomic E-state index is 12.3. The van der Waals surface area contributed by atoms with E-state index in [1.54, 1.807) is 25.3 Å². The molecule has 2 aliphatic rings. The van der Waals surface area contributed by atoms with Gasteiger partial charge in [-0.05, 0) is 42.9 Å². The molecule has 120 valence electrons. The average molecular weight is 324 g/mol. The summed E-state index contributed by atoms with van der Waals surface area (Å²) in [5, 5.41) is 3.45. The summed E-state index contributed by atoms with van der Waals surface area (Å²) in [7, 11) is 1.57. The van der Waals surface area contributed by atoms with Gasteiger partial charge in [-0.3, -0.25) is 9.69 Å². The van der Waals surface area contributed by atoms with Crippen molar-refractivity contribution in [1.82, 2.24) is 4.90 Å². The van der Waals surface area contributed by atoms with Gasteiger partial charge in [0.25, 0.3) is 0 Å². The van der Waals surface area contributed by atoms with E-state index < -0.39 is 0 Å². The van der Waals surface area contributed by atoms with E-state index in [1.807, 2.05) is 0 Å². The highest BCUT2D eigenvalue weighted by Crippen LogP contribution is 2.37. The van der Waals surface area contributed by atoms with Gasteiger partial charge in [-0.25, -0.2) is 0 Å². The maximum absolute atomic E-state index is 12.3. The summed E-state index contributed by atoms with van der Waals surface area (Å²) in [5.74, 6) is 1.77. The molecule has 6 heteroatoms. The van der Waals surface area contributed by atoms with Crippen LogP contribution in [0.2, 0.25) is 5.02 Å². The van der Waals surface area contributed by atoms with Gasteiger partial charge in [0, 0.05) is 24.2 Å². The van der Waals surface area contributed by atoms with Crippen LogP contribution < -0.4 is 15.8 Å². The molecule has 0 aromatic heterocycles. The molecule has 3 N–H and O–H groups in total. The molecule has 1 saturated carbocycles. The summed E-state index contributed by atoms with van der Waals surface area (Å²) in [6.07, 6.45) is 2.31. The van der Waals surface area contributed by atoms with E-state index in [4.69, 9.17) is 22.1 Å². The number of carbonyl (C=O) groups excluding carboxylic acids is 1. The molecule has 1 heterocycles. The number of carbonyl (C=O) groups is 1. The Morgan fingerprint density at radius 1 is 1.45 bits per heavy atom. The topological polar surface area (TPSA) is 67.6 Å². The fourth-order valence-corrected chi connectivity index (χ4v) is 3.87. The predicted molar refractivity (Wildman–Crippen MR) is 87.3 cm³/mol. The minimum Gasteiger partial charge on any atom is -0.495 e. The van der Waals surface area contributed by atoms with Crippen LogP contribution in [0.3, 0.4) is 0 Å². The van der Waals surface area contributed by atoms with Crippen LogP contribution in [0.15, 0.2) is 18.2 Å². The number of nitrogens with one attached hydrogen (secondary N) is 1. The molecule has 3 rings (SSSR count). The van der Waals surface area contributed by atoms with Gasteiger partial charge in [-0.2, -0.15) is 0 Å². The van der Waals surface area contributed by atoms with Gasteiger partial charge in [0.15, 0.2) is 0 Å². The van der Waals surface area contributed by atoms with Crippen LogP contribution in [-0.2, 0) is 4.79 Å². The SMILES string of the molecule is COc1ccc(Cl)cc1NC(=O)CN1CC2CCC(N)C2C1. The molecule has 0 spiro atoms. The molecule has 3 atom stereocenters. The molecule has 1 saturated heterocycles. The molecule has 0 bridgehead atoms. The van der Waals surface area contributed by atoms with Crippen molar-refractivity contribution in [2.24, 2.45) is 17.6 Å². The number of methoxy groups -OCH3 is 1. The van der Waals surface area contributed by atoms with Gasteiger partial charge in [-0.1, -0.05) is 11.6 Å². The van der Waals surface area contributed by atoms with E-state index in [0.29, 0.717) is 40.9 Å². The second-order valence-corrected chi connectivity index (χ2v) is 6.69. The molecular weight excluding hydrogens is 302 g/mol. The Morgan fingerprint density at radius 3 is 3.00 bits per heavy atom. The second-order valence-electron chi connectivity index (χ2n) is 6.25. The molecule has 2 fully saturated rings. The zero-order valence-corrected chi connectivity index (χ0v) is 13.5. The van der Waals surface area contributed by atoms with Crippen LogP contribution in [0, 0.1) is 11.8 Å². The van der Waals surface area contributed by atoms with Gasteiger partial charge in [0.05, 0.1) is 19.3 Å². The standard InChI is InChI=1S/C16H22ClN3O2/c1-22-15-5-3-11(17)6-14(15)19-16(21)9-20-7-10-2-4-13(18)12(10)8-20/h3,5-6,10,12-13H,2,4,7-9,18H2,1H3,(H,19,21). The van der Waals surface area contributed by atoms with Crippen molar-refractivity contribution in [2.75, 3.05) is 32.1 Å². The number of hydrogen-bond acceptors (Lipinski definition) is 4. The lowest BCUT2D eigenvalue weighted by molar-refractivity contribution is -0.117. The first-order valence-electron chi connectivity index (χ1n) is 7.68. The van der Waals surface area contributed by atoms with Gasteiger partial charge in [0.2, 0.25) is 5.91 Å². The van der Waals surface area contributed by atoms with E-state index >= 15 is 0 Å². The number of ether oxygens (including phenoxy) is 1. The molecule has 5 nitrogen and oxygen atoms in total. The van der Waals surface area contributed by atoms with E-state index in [-0.39, 0.29) is 5.91 Å². The Hall–Kier alpha value is -1.30. The van der Waals surface area contributed by atoms with Crippen molar-refractivity contribution in [3.63, 3.8) is 0 Å². The van der Waals surface area contributed by atoms with Gasteiger partial charge < -0.3 is 15.8 Å². The predicted octanol–water partition coefficient (Wildman–Crippen LogP) is 1.96. The van der Waals surface area contributed by atoms with Crippen molar-refractivity contribution < 1.29 is 9.53 Å². The molecule has 0 radical (unpaired) electrons. The van der Waals surface area contributed by atoms with Crippen LogP contribution in [0.1, 0.15) is 12.8 Å². The third-order valence-corrected chi connectivity index (χ3v) is 5.03. The Bertz CT molecular complexity index is 566. The number of anilines is 1. The number of nitrogens with zero attached hydrogens (tertiary/aromatic N) is 1. The third-order valence-electron chi connectivity index (χ3n) is 4.79. The Labute approximate surface area is 135 Å². The van der Waals surface area contributed by atoms with Crippen LogP contribution in [0.25, 0.3) is 0 Å². The van der Waals surface area contributed by atoms with Crippen LogP contribution in [0.5, 0.6) is 5.75 Å². The normalized spacial score (nSPS) is 27.7. The van der Waals surface area contributed by atoms with E-state index in [1.165, 1.54) is 6.42 Å². The van der Waals surface area contributed by atoms with Crippen molar-refractivity contribution in [3.05, 3.63) is 23.2 Å². The van der Waals surface area contributed by atoms with Crippen molar-refractivity contribution >= 4 is 23.2 Å². The minimum absolute atomic E-state index is 0.0471. The third kappa shape index (κ3) is 3.21. The number of halogens is 1. The molecule has 3 unspecified atom stereocenters. The zero-order valence-electron chi connectivity index (χ0n) is 12.7. The summed E-state index contributed by atoms with van der Waals surface area (Å²) in [6.45, 7) is 2.28. The summed E-state index contributed by atoms with van der Waals surface area (Å²) in [5.41, 5.74) is 6.74. The first-order valence-corrected chi connectivity index (χ1v) is 8.06. The summed E-state index contributed by atoms with van der Waals surface area (Å²) in [4.78, 5) is 14.5. The van der Waals surface area contributed by atoms with Gasteiger partial charge in [0.1, 0.15) is 5.75 Å². The number of benzene rings is 1. The van der Waals surface area contributed by atoms with Crippen LogP contribution >= 0.6 is 11.6 Å². The molecule has 1 aromatic carbocycles. The number of likely N-dealkylation sites (tertiary alicyclic amines) is 1. The summed E-state index contributed by atoms with van der Waals surface area (Å²) in [6, 6.07) is 5.48. The maximum Gasteiger partial charge on any atom is 0.238 e. The van der Waals surface area contributed by atoms with Gasteiger partial charge in [-0.15, -0.1) is 0 Å². The zero-order chi connectivity index (χ0) is 15.7. The van der Waals surface area contributed by atoms with E-state index in [2.05, 4.69) is 10.2 Å². The highest BCUT2D eigenvalue weighted by atomic mass is 35.5. The quantitative estimate of drug-likeness (QED) is 0.889. The number of fused-ring (bicyclic) bond motifs is 1. The summed E-state index contributed by atoms with van der Waals surface area (Å²) >= 11 is 5.98. The first kappa shape index (κ1) is 15.6. The number of rotatable bonds is 4. The Balaban J connectivity index is 1.58. The monoisotopic (exact) mass is 323 g/mol. The molecular formula is C16H22ClN3O2. The molecule has 1 aromatic rings. The Morgan fingerprint density at radius 2 is 2.27 bits per heavy atom. The highest BCUT2D eigenvalue weighted by Gasteiger charge is 2.41. The Kier molecular flexibility index (Phi) is 4.57. The fourth-order valence-electron chi connectivity index (χ4n) is 3.70. The number of amides is 1. The van der Waals surface area contributed by atoms with Gasteiger partial charge >= 0.3 is 0 Å². The molecule has 1 amide bonds. The molecule has 22 heavy (non-hydrogen) atoms. The van der Waals surface area contributed by atoms with E-state index in [9.17, 15) is 4.79 Å². The first-order chi connectivity index (χ1) is 10.6. The lowest BCUT2D eigenvalue weighted by Crippen LogP contribution is -2.34. The number of nitrogens with two attached hydrogens (primary N) is 1. The van der Waals surface area contributed by atoms with Crippen molar-refractivity contribution in [3.8, 4) is 5.75 Å². The van der Waals surface area contributed by atoms with E-state index in [0.717, 1.165) is 19.5 Å². The average Bonchev–Trinajstić information content (AvgIpc) is 3.01. The van der Waals surface area contributed by atoms with Crippen molar-refractivity contribution in [1.29, 1.82) is 0 Å². The number of hydrogen-bond donors (Lipinski definition) is 2. The largest absolute Gasteiger partial charge is 0.495 e. The molecule has 1 aliphatic carbocycles. The van der Waals surface area contributed by atoms with Crippen LogP contribution in [-0.4, -0.2) is 43.6 Å². The smallest absolute Gasteiger partial charge is 0.238 e. The minimum atomic E-state index is -0.0471.